The molecule has 3 heterocycles. The van der Waals surface area contributed by atoms with E-state index in [4.69, 9.17) is 4.52 Å². The summed E-state index contributed by atoms with van der Waals surface area (Å²) in [7, 11) is 0. The molecule has 1 aromatic carbocycles. The molecule has 0 radical (unpaired) electrons. The van der Waals surface area contributed by atoms with E-state index >= 15 is 0 Å². The highest BCUT2D eigenvalue weighted by molar-refractivity contribution is 5.96. The Kier molecular flexibility index (Phi) is 3.45. The van der Waals surface area contributed by atoms with Gasteiger partial charge in [-0.3, -0.25) is 9.59 Å². The van der Waals surface area contributed by atoms with E-state index in [0.29, 0.717) is 17.6 Å². The molecular weight excluding hydrogens is 306 g/mol. The standard InChI is InChI=1S/C18H17N3O3/c1-11-9-14(20-24-11)16-7-4-8-21(16)18(23)15-10-12-5-2-3-6-13(12)17(22)19-15/h2-3,5-6,9-10,16H,4,7-8H2,1H3,(H,19,22)/t16-/m1/s1. The Morgan fingerprint density at radius 2 is 2.17 bits per heavy atom. The number of H-pyrrole nitrogens is 1. The Bertz CT molecular complexity index is 973. The summed E-state index contributed by atoms with van der Waals surface area (Å²) in [6, 6.07) is 10.7. The number of benzene rings is 1. The average Bonchev–Trinajstić information content (AvgIpc) is 3.22. The fourth-order valence-corrected chi connectivity index (χ4v) is 3.34. The zero-order valence-corrected chi connectivity index (χ0v) is 13.3. The van der Waals surface area contributed by atoms with Gasteiger partial charge < -0.3 is 14.4 Å². The van der Waals surface area contributed by atoms with Crippen LogP contribution in [0, 0.1) is 6.92 Å². The van der Waals surface area contributed by atoms with Crippen LogP contribution in [0.1, 0.15) is 40.8 Å². The van der Waals surface area contributed by atoms with Crippen molar-refractivity contribution in [3.8, 4) is 0 Å². The minimum absolute atomic E-state index is 0.107. The number of aromatic amines is 1. The summed E-state index contributed by atoms with van der Waals surface area (Å²) in [5.74, 6) is 0.546. The van der Waals surface area contributed by atoms with Crippen molar-refractivity contribution in [2.75, 3.05) is 6.54 Å². The van der Waals surface area contributed by atoms with Crippen LogP contribution in [0.2, 0.25) is 0 Å². The summed E-state index contributed by atoms with van der Waals surface area (Å²) in [6.07, 6.45) is 1.75. The number of aromatic nitrogens is 2. The Morgan fingerprint density at radius 1 is 1.33 bits per heavy atom. The number of carbonyl (C=O) groups is 1. The highest BCUT2D eigenvalue weighted by Crippen LogP contribution is 2.32. The maximum atomic E-state index is 12.9. The Morgan fingerprint density at radius 3 is 2.96 bits per heavy atom. The Labute approximate surface area is 138 Å². The molecule has 1 N–H and O–H groups in total. The molecule has 1 saturated heterocycles. The molecule has 0 unspecified atom stereocenters. The summed E-state index contributed by atoms with van der Waals surface area (Å²) < 4.78 is 5.14. The molecule has 1 atom stereocenters. The van der Waals surface area contributed by atoms with Crippen molar-refractivity contribution in [3.63, 3.8) is 0 Å². The number of likely N-dealkylation sites (tertiary alicyclic amines) is 1. The van der Waals surface area contributed by atoms with E-state index in [9.17, 15) is 9.59 Å². The molecule has 2 aromatic heterocycles. The number of carbonyl (C=O) groups excluding carboxylic acids is 1. The van der Waals surface area contributed by atoms with Gasteiger partial charge in [0, 0.05) is 18.0 Å². The van der Waals surface area contributed by atoms with Crippen LogP contribution in [0.5, 0.6) is 0 Å². The van der Waals surface area contributed by atoms with Crippen LogP contribution in [-0.2, 0) is 0 Å². The lowest BCUT2D eigenvalue weighted by molar-refractivity contribution is 0.0725. The molecule has 1 aliphatic heterocycles. The van der Waals surface area contributed by atoms with E-state index in [1.807, 2.05) is 31.2 Å². The lowest BCUT2D eigenvalue weighted by Crippen LogP contribution is -2.32. The fraction of sp³-hybridized carbons (Fsp3) is 0.278. The van der Waals surface area contributed by atoms with Crippen molar-refractivity contribution in [2.45, 2.75) is 25.8 Å². The molecule has 0 bridgehead atoms. The summed E-state index contributed by atoms with van der Waals surface area (Å²) in [5, 5.41) is 5.39. The second kappa shape index (κ2) is 5.63. The first-order valence-electron chi connectivity index (χ1n) is 8.00. The van der Waals surface area contributed by atoms with Crippen LogP contribution in [0.15, 0.2) is 45.7 Å². The van der Waals surface area contributed by atoms with Crippen LogP contribution < -0.4 is 5.56 Å². The zero-order valence-electron chi connectivity index (χ0n) is 13.3. The molecular formula is C18H17N3O3. The second-order valence-electron chi connectivity index (χ2n) is 6.12. The third-order valence-electron chi connectivity index (χ3n) is 4.49. The molecule has 1 aliphatic rings. The maximum Gasteiger partial charge on any atom is 0.270 e. The van der Waals surface area contributed by atoms with Crippen molar-refractivity contribution in [1.82, 2.24) is 15.0 Å². The Balaban J connectivity index is 1.71. The predicted molar refractivity (Wildman–Crippen MR) is 88.8 cm³/mol. The second-order valence-corrected chi connectivity index (χ2v) is 6.12. The van der Waals surface area contributed by atoms with Gasteiger partial charge in [0.2, 0.25) is 0 Å². The number of hydrogen-bond donors (Lipinski definition) is 1. The number of pyridine rings is 1. The van der Waals surface area contributed by atoms with E-state index in [2.05, 4.69) is 10.1 Å². The first-order chi connectivity index (χ1) is 11.6. The van der Waals surface area contributed by atoms with Gasteiger partial charge >= 0.3 is 0 Å². The summed E-state index contributed by atoms with van der Waals surface area (Å²) in [5.41, 5.74) is 0.830. The van der Waals surface area contributed by atoms with Crippen LogP contribution in [0.4, 0.5) is 0 Å². The summed E-state index contributed by atoms with van der Waals surface area (Å²) in [4.78, 5) is 29.6. The van der Waals surface area contributed by atoms with E-state index in [1.54, 1.807) is 17.0 Å². The smallest absolute Gasteiger partial charge is 0.270 e. The number of nitrogens with one attached hydrogen (secondary N) is 1. The molecule has 4 rings (SSSR count). The molecule has 1 fully saturated rings. The SMILES string of the molecule is Cc1cc([C@H]2CCCN2C(=O)c2cc3ccccc3c(=O)[nH]2)no1. The third kappa shape index (κ3) is 2.40. The lowest BCUT2D eigenvalue weighted by atomic mass is 10.1. The minimum Gasteiger partial charge on any atom is -0.361 e. The van der Waals surface area contributed by atoms with Crippen molar-refractivity contribution in [2.24, 2.45) is 0 Å². The number of aryl methyl sites for hydroxylation is 1. The first-order valence-corrected chi connectivity index (χ1v) is 8.00. The van der Waals surface area contributed by atoms with Crippen molar-refractivity contribution >= 4 is 16.7 Å². The largest absolute Gasteiger partial charge is 0.361 e. The van der Waals surface area contributed by atoms with Gasteiger partial charge in [0.15, 0.2) is 0 Å². The third-order valence-corrected chi connectivity index (χ3v) is 4.49. The number of rotatable bonds is 2. The quantitative estimate of drug-likeness (QED) is 0.786. The molecule has 122 valence electrons. The molecule has 6 heteroatoms. The summed E-state index contributed by atoms with van der Waals surface area (Å²) in [6.45, 7) is 2.47. The molecule has 24 heavy (non-hydrogen) atoms. The van der Waals surface area contributed by atoms with Crippen molar-refractivity contribution < 1.29 is 9.32 Å². The molecule has 0 aliphatic carbocycles. The van der Waals surface area contributed by atoms with Crippen LogP contribution in [-0.4, -0.2) is 27.5 Å². The summed E-state index contributed by atoms with van der Waals surface area (Å²) >= 11 is 0. The lowest BCUT2D eigenvalue weighted by Gasteiger charge is -2.22. The zero-order chi connectivity index (χ0) is 16.7. The highest BCUT2D eigenvalue weighted by Gasteiger charge is 2.33. The van der Waals surface area contributed by atoms with E-state index in [0.717, 1.165) is 29.7 Å². The predicted octanol–water partition coefficient (Wildman–Crippen LogP) is 2.80. The van der Waals surface area contributed by atoms with E-state index in [1.165, 1.54) is 0 Å². The minimum atomic E-state index is -0.246. The van der Waals surface area contributed by atoms with Crippen molar-refractivity contribution in [1.29, 1.82) is 0 Å². The fourth-order valence-electron chi connectivity index (χ4n) is 3.34. The van der Waals surface area contributed by atoms with Gasteiger partial charge in [0.1, 0.15) is 17.1 Å². The molecule has 1 amide bonds. The monoisotopic (exact) mass is 323 g/mol. The van der Waals surface area contributed by atoms with Gasteiger partial charge in [0.25, 0.3) is 11.5 Å². The Hall–Kier alpha value is -2.89. The van der Waals surface area contributed by atoms with Crippen LogP contribution >= 0.6 is 0 Å². The number of fused-ring (bicyclic) bond motifs is 1. The highest BCUT2D eigenvalue weighted by atomic mass is 16.5. The van der Waals surface area contributed by atoms with Gasteiger partial charge in [-0.05, 0) is 37.3 Å². The number of hydrogen-bond acceptors (Lipinski definition) is 4. The molecule has 0 saturated carbocycles. The van der Waals surface area contributed by atoms with Crippen LogP contribution in [0.25, 0.3) is 10.8 Å². The van der Waals surface area contributed by atoms with Gasteiger partial charge in [-0.2, -0.15) is 0 Å². The van der Waals surface area contributed by atoms with Gasteiger partial charge in [-0.25, -0.2) is 0 Å². The molecule has 0 spiro atoms. The normalized spacial score (nSPS) is 17.5. The molecule has 3 aromatic rings. The average molecular weight is 323 g/mol. The van der Waals surface area contributed by atoms with Gasteiger partial charge in [-0.1, -0.05) is 23.4 Å². The van der Waals surface area contributed by atoms with Crippen LogP contribution in [0.3, 0.4) is 0 Å². The topological polar surface area (TPSA) is 79.2 Å². The first kappa shape index (κ1) is 14.7. The van der Waals surface area contributed by atoms with E-state index < -0.39 is 0 Å². The number of nitrogens with zero attached hydrogens (tertiary/aromatic N) is 2. The molecule has 6 nitrogen and oxygen atoms in total. The van der Waals surface area contributed by atoms with Gasteiger partial charge in [0.05, 0.1) is 6.04 Å². The number of amides is 1. The maximum absolute atomic E-state index is 12.9. The van der Waals surface area contributed by atoms with Gasteiger partial charge in [-0.15, -0.1) is 0 Å². The van der Waals surface area contributed by atoms with E-state index in [-0.39, 0.29) is 17.5 Å². The van der Waals surface area contributed by atoms with Crippen molar-refractivity contribution in [3.05, 3.63) is 63.9 Å².